The highest BCUT2D eigenvalue weighted by atomic mass is 35.5. The molecule has 0 aliphatic heterocycles. The summed E-state index contributed by atoms with van der Waals surface area (Å²) in [5.41, 5.74) is 2.61. The average molecular weight is 368 g/mol. The molecule has 2 N–H and O–H groups in total. The number of hydrogen-bond donors (Lipinski definition) is 2. The zero-order valence-corrected chi connectivity index (χ0v) is 16.1. The van der Waals surface area contributed by atoms with Crippen LogP contribution in [-0.2, 0) is 9.53 Å². The second kappa shape index (κ2) is 9.42. The summed E-state index contributed by atoms with van der Waals surface area (Å²) in [6.07, 6.45) is 1.35. The molecule has 0 unspecified atom stereocenters. The van der Waals surface area contributed by atoms with Gasteiger partial charge in [0, 0.05) is 5.02 Å². The first-order chi connectivity index (χ1) is 11.6. The molecular formula is C18H26ClN3O3. The molecule has 1 atom stereocenters. The molecule has 0 saturated heterocycles. The fourth-order valence-corrected chi connectivity index (χ4v) is 2.08. The summed E-state index contributed by atoms with van der Waals surface area (Å²) in [6, 6.07) is 6.30. The van der Waals surface area contributed by atoms with Gasteiger partial charge in [0.2, 0.25) is 0 Å². The van der Waals surface area contributed by atoms with E-state index < -0.39 is 23.6 Å². The van der Waals surface area contributed by atoms with Gasteiger partial charge >= 0.3 is 6.09 Å². The van der Waals surface area contributed by atoms with Crippen molar-refractivity contribution in [2.45, 2.75) is 52.7 Å². The minimum absolute atomic E-state index is 0.214. The normalized spacial score (nSPS) is 12.9. The van der Waals surface area contributed by atoms with Crippen LogP contribution in [-0.4, -0.2) is 29.9 Å². The number of halogens is 1. The Balaban J connectivity index is 2.66. The fraction of sp³-hybridized carbons (Fsp3) is 0.500. The molecule has 2 amide bonds. The molecule has 7 heteroatoms. The molecule has 0 saturated carbocycles. The molecule has 0 heterocycles. The largest absolute Gasteiger partial charge is 0.444 e. The topological polar surface area (TPSA) is 79.8 Å². The van der Waals surface area contributed by atoms with Crippen molar-refractivity contribution in [3.8, 4) is 0 Å². The summed E-state index contributed by atoms with van der Waals surface area (Å²) in [6.45, 7) is 9.23. The van der Waals surface area contributed by atoms with Crippen molar-refractivity contribution < 1.29 is 14.3 Å². The lowest BCUT2D eigenvalue weighted by Gasteiger charge is -2.23. The maximum atomic E-state index is 12.3. The van der Waals surface area contributed by atoms with E-state index in [2.05, 4.69) is 15.8 Å². The Morgan fingerprint density at radius 2 is 1.84 bits per heavy atom. The second-order valence-electron chi connectivity index (χ2n) is 7.11. The predicted molar refractivity (Wildman–Crippen MR) is 99.8 cm³/mol. The van der Waals surface area contributed by atoms with Crippen LogP contribution in [0.2, 0.25) is 5.02 Å². The van der Waals surface area contributed by atoms with Crippen LogP contribution in [0.4, 0.5) is 4.79 Å². The molecule has 25 heavy (non-hydrogen) atoms. The van der Waals surface area contributed by atoms with Crippen LogP contribution in [0.1, 0.15) is 46.6 Å². The van der Waals surface area contributed by atoms with Crippen molar-refractivity contribution in [1.29, 1.82) is 0 Å². The molecule has 6 nitrogen and oxygen atoms in total. The zero-order chi connectivity index (χ0) is 19.0. The highest BCUT2D eigenvalue weighted by Gasteiger charge is 2.24. The quantitative estimate of drug-likeness (QED) is 0.593. The second-order valence-corrected chi connectivity index (χ2v) is 7.55. The number of hydrogen-bond acceptors (Lipinski definition) is 4. The molecule has 0 aliphatic carbocycles. The van der Waals surface area contributed by atoms with Gasteiger partial charge in [0.05, 0.1) is 6.21 Å². The van der Waals surface area contributed by atoms with Gasteiger partial charge in [0.1, 0.15) is 11.6 Å². The lowest BCUT2D eigenvalue weighted by molar-refractivity contribution is -0.123. The van der Waals surface area contributed by atoms with Gasteiger partial charge in [-0.2, -0.15) is 5.10 Å². The molecule has 1 aromatic rings. The molecule has 1 aromatic carbocycles. The van der Waals surface area contributed by atoms with Crippen LogP contribution in [0.15, 0.2) is 29.4 Å². The Kier molecular flexibility index (Phi) is 7.90. The first kappa shape index (κ1) is 21.0. The number of alkyl carbamates (subject to hydrolysis) is 1. The Hall–Kier alpha value is -2.08. The molecule has 0 bridgehead atoms. The summed E-state index contributed by atoms with van der Waals surface area (Å²) in [5, 5.41) is 7.14. The van der Waals surface area contributed by atoms with E-state index >= 15 is 0 Å². The molecule has 1 rings (SSSR count). The maximum absolute atomic E-state index is 12.3. The first-order valence-corrected chi connectivity index (χ1v) is 8.52. The Bertz CT molecular complexity index is 607. The molecular weight excluding hydrogens is 342 g/mol. The molecule has 0 aliphatic rings. The maximum Gasteiger partial charge on any atom is 0.408 e. The Morgan fingerprint density at radius 3 is 2.36 bits per heavy atom. The van der Waals surface area contributed by atoms with Crippen LogP contribution in [0.5, 0.6) is 0 Å². The standard InChI is InChI=1S/C18H26ClN3O3/c1-12(2)10-15(21-17(24)25-18(3,4)5)16(23)22-20-11-13-6-8-14(19)9-7-13/h6-9,11-12,15H,10H2,1-5H3,(H,21,24)(H,22,23)/b20-11+/t15-/m0/s1. The summed E-state index contributed by atoms with van der Waals surface area (Å²) in [7, 11) is 0. The minimum Gasteiger partial charge on any atom is -0.444 e. The summed E-state index contributed by atoms with van der Waals surface area (Å²) >= 11 is 5.81. The van der Waals surface area contributed by atoms with E-state index in [1.54, 1.807) is 45.0 Å². The van der Waals surface area contributed by atoms with E-state index in [4.69, 9.17) is 16.3 Å². The van der Waals surface area contributed by atoms with Gasteiger partial charge in [-0.15, -0.1) is 0 Å². The lowest BCUT2D eigenvalue weighted by Crippen LogP contribution is -2.47. The van der Waals surface area contributed by atoms with Crippen molar-refractivity contribution in [1.82, 2.24) is 10.7 Å². The minimum atomic E-state index is -0.725. The molecule has 138 valence electrons. The number of rotatable bonds is 6. The predicted octanol–water partition coefficient (Wildman–Crippen LogP) is 3.73. The number of nitrogens with zero attached hydrogens (tertiary/aromatic N) is 1. The third-order valence-corrected chi connectivity index (χ3v) is 3.22. The van der Waals surface area contributed by atoms with Crippen LogP contribution < -0.4 is 10.7 Å². The number of hydrazone groups is 1. The summed E-state index contributed by atoms with van der Waals surface area (Å²) < 4.78 is 5.20. The third-order valence-electron chi connectivity index (χ3n) is 2.97. The van der Waals surface area contributed by atoms with Crippen LogP contribution >= 0.6 is 11.6 Å². The van der Waals surface area contributed by atoms with Crippen molar-refractivity contribution in [2.75, 3.05) is 0 Å². The zero-order valence-electron chi connectivity index (χ0n) is 15.3. The highest BCUT2D eigenvalue weighted by molar-refractivity contribution is 6.30. The smallest absolute Gasteiger partial charge is 0.408 e. The monoisotopic (exact) mass is 367 g/mol. The number of carbonyl (C=O) groups is 2. The number of nitrogens with one attached hydrogen (secondary N) is 2. The Morgan fingerprint density at radius 1 is 1.24 bits per heavy atom. The van der Waals surface area contributed by atoms with Crippen LogP contribution in [0, 0.1) is 5.92 Å². The van der Waals surface area contributed by atoms with E-state index in [1.807, 2.05) is 13.8 Å². The molecule has 0 spiro atoms. The summed E-state index contributed by atoms with van der Waals surface area (Å²) in [5.74, 6) is -0.185. The van der Waals surface area contributed by atoms with Crippen LogP contribution in [0.3, 0.4) is 0 Å². The van der Waals surface area contributed by atoms with Crippen molar-refractivity contribution in [2.24, 2.45) is 11.0 Å². The van der Waals surface area contributed by atoms with E-state index in [0.717, 1.165) is 5.56 Å². The molecule has 0 fully saturated rings. The van der Waals surface area contributed by atoms with Crippen molar-refractivity contribution in [3.05, 3.63) is 34.9 Å². The lowest BCUT2D eigenvalue weighted by atomic mass is 10.0. The van der Waals surface area contributed by atoms with E-state index in [-0.39, 0.29) is 5.92 Å². The highest BCUT2D eigenvalue weighted by Crippen LogP contribution is 2.10. The fourth-order valence-electron chi connectivity index (χ4n) is 1.95. The van der Waals surface area contributed by atoms with Gasteiger partial charge in [0.15, 0.2) is 0 Å². The van der Waals surface area contributed by atoms with Gasteiger partial charge in [-0.1, -0.05) is 37.6 Å². The van der Waals surface area contributed by atoms with Crippen molar-refractivity contribution in [3.63, 3.8) is 0 Å². The van der Waals surface area contributed by atoms with Gasteiger partial charge < -0.3 is 10.1 Å². The number of ether oxygens (including phenoxy) is 1. The Labute approximate surface area is 154 Å². The first-order valence-electron chi connectivity index (χ1n) is 8.15. The van der Waals surface area contributed by atoms with Crippen molar-refractivity contribution >= 4 is 29.8 Å². The van der Waals surface area contributed by atoms with E-state index in [0.29, 0.717) is 11.4 Å². The number of carbonyl (C=O) groups excluding carboxylic acids is 2. The SMILES string of the molecule is CC(C)C[C@H](NC(=O)OC(C)(C)C)C(=O)N/N=C/c1ccc(Cl)cc1. The van der Waals surface area contributed by atoms with Gasteiger partial charge in [-0.3, -0.25) is 4.79 Å². The molecule has 0 radical (unpaired) electrons. The van der Waals surface area contributed by atoms with Gasteiger partial charge in [0.25, 0.3) is 5.91 Å². The number of benzene rings is 1. The van der Waals surface area contributed by atoms with E-state index in [1.165, 1.54) is 6.21 Å². The number of amides is 2. The average Bonchev–Trinajstić information content (AvgIpc) is 2.46. The van der Waals surface area contributed by atoms with Gasteiger partial charge in [-0.05, 0) is 50.8 Å². The van der Waals surface area contributed by atoms with Gasteiger partial charge in [-0.25, -0.2) is 10.2 Å². The van der Waals surface area contributed by atoms with E-state index in [9.17, 15) is 9.59 Å². The summed E-state index contributed by atoms with van der Waals surface area (Å²) in [4.78, 5) is 24.2. The third kappa shape index (κ3) is 9.10. The van der Waals surface area contributed by atoms with Crippen LogP contribution in [0.25, 0.3) is 0 Å². The molecule has 0 aromatic heterocycles.